The molecule has 1 heteroatoms. The topological polar surface area (TPSA) is 12.0 Å². The van der Waals surface area contributed by atoms with Gasteiger partial charge in [-0.15, -0.1) is 0 Å². The molecular formula is C15H21N. The Balaban J connectivity index is 0.00000106. The first-order valence-corrected chi connectivity index (χ1v) is 5.64. The van der Waals surface area contributed by atoms with Crippen LogP contribution < -0.4 is 5.32 Å². The lowest BCUT2D eigenvalue weighted by Crippen LogP contribution is -1.95. The number of anilines is 1. The van der Waals surface area contributed by atoms with Crippen molar-refractivity contribution in [2.75, 3.05) is 5.32 Å². The third-order valence-electron chi connectivity index (χ3n) is 1.75. The second-order valence-electron chi connectivity index (χ2n) is 2.84. The smallest absolute Gasteiger partial charge is 0.0384 e. The van der Waals surface area contributed by atoms with E-state index in [4.69, 9.17) is 0 Å². The molecule has 0 saturated carbocycles. The van der Waals surface area contributed by atoms with Crippen molar-refractivity contribution in [2.45, 2.75) is 20.8 Å². The molecule has 0 atom stereocenters. The first kappa shape index (κ1) is 14.2. The molecule has 1 aromatic rings. The first-order chi connectivity index (χ1) is 7.86. The molecule has 0 unspecified atom stereocenters. The molecule has 1 aromatic carbocycles. The summed E-state index contributed by atoms with van der Waals surface area (Å²) >= 11 is 0. The Morgan fingerprint density at radius 3 is 2.31 bits per heavy atom. The molecule has 0 heterocycles. The second-order valence-corrected chi connectivity index (χ2v) is 2.84. The van der Waals surface area contributed by atoms with Crippen molar-refractivity contribution >= 4 is 5.69 Å². The second kappa shape index (κ2) is 9.78. The SMILES string of the molecule is C=C/C(=C\C=C/C)Nc1ccccc1.CC. The number of allylic oxidation sites excluding steroid dienone is 4. The largest absolute Gasteiger partial charge is 0.356 e. The number of hydrogen-bond donors (Lipinski definition) is 1. The molecule has 0 spiro atoms. The summed E-state index contributed by atoms with van der Waals surface area (Å²) < 4.78 is 0. The van der Waals surface area contributed by atoms with Gasteiger partial charge in [-0.1, -0.05) is 50.8 Å². The molecule has 0 aromatic heterocycles. The predicted molar refractivity (Wildman–Crippen MR) is 74.5 cm³/mol. The molecule has 0 aliphatic carbocycles. The zero-order chi connectivity index (χ0) is 12.2. The highest BCUT2D eigenvalue weighted by Crippen LogP contribution is 2.09. The van der Waals surface area contributed by atoms with Crippen LogP contribution in [0.4, 0.5) is 5.69 Å². The minimum Gasteiger partial charge on any atom is -0.356 e. The van der Waals surface area contributed by atoms with Crippen molar-refractivity contribution in [3.63, 3.8) is 0 Å². The van der Waals surface area contributed by atoms with Gasteiger partial charge < -0.3 is 5.32 Å². The molecule has 0 bridgehead atoms. The molecular weight excluding hydrogens is 194 g/mol. The number of rotatable bonds is 4. The van der Waals surface area contributed by atoms with E-state index in [0.717, 1.165) is 11.4 Å². The monoisotopic (exact) mass is 215 g/mol. The molecule has 1 nitrogen and oxygen atoms in total. The normalized spacial score (nSPS) is 10.6. The van der Waals surface area contributed by atoms with E-state index in [1.54, 1.807) is 6.08 Å². The molecule has 0 amide bonds. The molecule has 1 N–H and O–H groups in total. The van der Waals surface area contributed by atoms with E-state index < -0.39 is 0 Å². The summed E-state index contributed by atoms with van der Waals surface area (Å²) in [6, 6.07) is 10.0. The Labute approximate surface area is 99.2 Å². The minimum absolute atomic E-state index is 0.995. The van der Waals surface area contributed by atoms with Gasteiger partial charge in [-0.3, -0.25) is 0 Å². The van der Waals surface area contributed by atoms with E-state index in [1.807, 2.05) is 69.3 Å². The molecule has 1 rings (SSSR count). The van der Waals surface area contributed by atoms with E-state index in [1.165, 1.54) is 0 Å². The highest BCUT2D eigenvalue weighted by atomic mass is 14.9. The van der Waals surface area contributed by atoms with E-state index >= 15 is 0 Å². The quantitative estimate of drug-likeness (QED) is 0.713. The highest BCUT2D eigenvalue weighted by molar-refractivity contribution is 5.50. The lowest BCUT2D eigenvalue weighted by Gasteiger charge is -2.05. The van der Waals surface area contributed by atoms with Gasteiger partial charge >= 0.3 is 0 Å². The summed E-state index contributed by atoms with van der Waals surface area (Å²) in [5.74, 6) is 0. The van der Waals surface area contributed by atoms with Gasteiger partial charge in [0, 0.05) is 11.4 Å². The van der Waals surface area contributed by atoms with Crippen LogP contribution in [0.2, 0.25) is 0 Å². The van der Waals surface area contributed by atoms with Crippen LogP contribution in [0, 0.1) is 0 Å². The Bertz CT molecular complexity index is 334. The Morgan fingerprint density at radius 1 is 1.19 bits per heavy atom. The van der Waals surface area contributed by atoms with Gasteiger partial charge in [-0.25, -0.2) is 0 Å². The predicted octanol–water partition coefficient (Wildman–Crippen LogP) is 4.77. The maximum absolute atomic E-state index is 3.75. The van der Waals surface area contributed by atoms with Crippen LogP contribution in [0.1, 0.15) is 20.8 Å². The van der Waals surface area contributed by atoms with Crippen molar-refractivity contribution in [1.29, 1.82) is 0 Å². The molecule has 0 aliphatic rings. The fourth-order valence-electron chi connectivity index (χ4n) is 1.05. The molecule has 0 aliphatic heterocycles. The number of hydrogen-bond acceptors (Lipinski definition) is 1. The van der Waals surface area contributed by atoms with Crippen molar-refractivity contribution < 1.29 is 0 Å². The van der Waals surface area contributed by atoms with Gasteiger partial charge in [0.25, 0.3) is 0 Å². The third-order valence-corrected chi connectivity index (χ3v) is 1.75. The van der Waals surface area contributed by atoms with Gasteiger partial charge in [-0.05, 0) is 31.2 Å². The zero-order valence-corrected chi connectivity index (χ0v) is 10.4. The van der Waals surface area contributed by atoms with Crippen LogP contribution in [0.5, 0.6) is 0 Å². The van der Waals surface area contributed by atoms with Crippen molar-refractivity contribution in [1.82, 2.24) is 0 Å². The summed E-state index contributed by atoms with van der Waals surface area (Å²) in [6.07, 6.45) is 7.75. The van der Waals surface area contributed by atoms with Gasteiger partial charge in [-0.2, -0.15) is 0 Å². The van der Waals surface area contributed by atoms with E-state index in [9.17, 15) is 0 Å². The van der Waals surface area contributed by atoms with E-state index in [2.05, 4.69) is 11.9 Å². The summed E-state index contributed by atoms with van der Waals surface area (Å²) in [5.41, 5.74) is 2.07. The van der Waals surface area contributed by atoms with Gasteiger partial charge in [0.1, 0.15) is 0 Å². The fraction of sp³-hybridized carbons (Fsp3) is 0.200. The average molecular weight is 215 g/mol. The molecule has 0 fully saturated rings. The van der Waals surface area contributed by atoms with Crippen LogP contribution in [-0.2, 0) is 0 Å². The number of benzene rings is 1. The van der Waals surface area contributed by atoms with Crippen LogP contribution in [0.15, 0.2) is 66.9 Å². The highest BCUT2D eigenvalue weighted by Gasteiger charge is 1.90. The maximum atomic E-state index is 3.75. The standard InChI is InChI=1S/C13H15N.C2H6/c1-3-5-9-12(4-2)14-13-10-7-6-8-11-13;1-2/h3-11,14H,2H2,1H3;1-2H3/b5-3-,12-9+;. The van der Waals surface area contributed by atoms with E-state index in [-0.39, 0.29) is 0 Å². The van der Waals surface area contributed by atoms with Gasteiger partial charge in [0.15, 0.2) is 0 Å². The van der Waals surface area contributed by atoms with Crippen LogP contribution in [0.3, 0.4) is 0 Å². The van der Waals surface area contributed by atoms with Crippen LogP contribution in [-0.4, -0.2) is 0 Å². The third kappa shape index (κ3) is 5.86. The Kier molecular flexibility index (Phi) is 8.71. The van der Waals surface area contributed by atoms with Gasteiger partial charge in [0.05, 0.1) is 0 Å². The van der Waals surface area contributed by atoms with Crippen LogP contribution >= 0.6 is 0 Å². The Hall–Kier alpha value is -1.76. The Morgan fingerprint density at radius 2 is 1.81 bits per heavy atom. The molecule has 0 saturated heterocycles. The van der Waals surface area contributed by atoms with Crippen molar-refractivity contribution in [2.24, 2.45) is 0 Å². The maximum Gasteiger partial charge on any atom is 0.0384 e. The molecule has 86 valence electrons. The van der Waals surface area contributed by atoms with Crippen molar-refractivity contribution in [3.05, 3.63) is 66.9 Å². The average Bonchev–Trinajstić information content (AvgIpc) is 2.38. The lowest BCUT2D eigenvalue weighted by molar-refractivity contribution is 1.48. The van der Waals surface area contributed by atoms with E-state index in [0.29, 0.717) is 0 Å². The fourth-order valence-corrected chi connectivity index (χ4v) is 1.05. The first-order valence-electron chi connectivity index (χ1n) is 5.64. The molecule has 16 heavy (non-hydrogen) atoms. The summed E-state index contributed by atoms with van der Waals surface area (Å²) in [6.45, 7) is 9.73. The number of para-hydroxylation sites is 1. The van der Waals surface area contributed by atoms with Crippen LogP contribution in [0.25, 0.3) is 0 Å². The number of nitrogens with one attached hydrogen (secondary N) is 1. The lowest BCUT2D eigenvalue weighted by atomic mass is 10.3. The minimum atomic E-state index is 0.995. The molecule has 0 radical (unpaired) electrons. The summed E-state index contributed by atoms with van der Waals surface area (Å²) in [7, 11) is 0. The summed E-state index contributed by atoms with van der Waals surface area (Å²) in [5, 5.41) is 3.26. The van der Waals surface area contributed by atoms with Crippen molar-refractivity contribution in [3.8, 4) is 0 Å². The van der Waals surface area contributed by atoms with Gasteiger partial charge in [0.2, 0.25) is 0 Å². The zero-order valence-electron chi connectivity index (χ0n) is 10.4. The summed E-state index contributed by atoms with van der Waals surface area (Å²) in [4.78, 5) is 0.